The van der Waals surface area contributed by atoms with Crippen molar-refractivity contribution in [2.75, 3.05) is 7.11 Å². The third-order valence-corrected chi connectivity index (χ3v) is 1.94. The highest BCUT2D eigenvalue weighted by molar-refractivity contribution is 9.10. The van der Waals surface area contributed by atoms with Crippen molar-refractivity contribution in [3.8, 4) is 0 Å². The average Bonchev–Trinajstić information content (AvgIpc) is 2.51. The molecule has 13 heavy (non-hydrogen) atoms. The average molecular weight is 249 g/mol. The highest BCUT2D eigenvalue weighted by atomic mass is 79.9. The van der Waals surface area contributed by atoms with Crippen LogP contribution in [0.5, 0.6) is 0 Å². The highest BCUT2D eigenvalue weighted by Crippen LogP contribution is 2.22. The third-order valence-electron chi connectivity index (χ3n) is 1.51. The predicted octanol–water partition coefficient (Wildman–Crippen LogP) is 1.64. The molecule has 1 unspecified atom stereocenters. The molecule has 1 rings (SSSR count). The zero-order valence-corrected chi connectivity index (χ0v) is 8.58. The third kappa shape index (κ3) is 2.86. The number of carbonyl (C=O) groups excluding carboxylic acids is 1. The minimum Gasteiger partial charge on any atom is -0.469 e. The van der Waals surface area contributed by atoms with Crippen molar-refractivity contribution in [2.24, 2.45) is 0 Å². The molecule has 4 nitrogen and oxygen atoms in total. The van der Waals surface area contributed by atoms with Gasteiger partial charge < -0.3 is 14.3 Å². The van der Waals surface area contributed by atoms with Gasteiger partial charge in [-0.25, -0.2) is 0 Å². The molecule has 0 fully saturated rings. The van der Waals surface area contributed by atoms with E-state index in [1.165, 1.54) is 7.11 Å². The Kier molecular flexibility index (Phi) is 3.50. The number of rotatable bonds is 3. The molecule has 0 amide bonds. The van der Waals surface area contributed by atoms with E-state index in [2.05, 4.69) is 20.7 Å². The van der Waals surface area contributed by atoms with E-state index in [1.54, 1.807) is 12.1 Å². The predicted molar refractivity (Wildman–Crippen MR) is 48.0 cm³/mol. The number of esters is 1. The van der Waals surface area contributed by atoms with Gasteiger partial charge in [-0.05, 0) is 28.1 Å². The fourth-order valence-electron chi connectivity index (χ4n) is 0.849. The summed E-state index contributed by atoms with van der Waals surface area (Å²) in [4.78, 5) is 10.8. The summed E-state index contributed by atoms with van der Waals surface area (Å²) in [6.07, 6.45) is -1.05. The molecular formula is C8H9BrO4. The normalized spacial score (nSPS) is 12.5. The Morgan fingerprint density at radius 2 is 2.46 bits per heavy atom. The lowest BCUT2D eigenvalue weighted by Crippen LogP contribution is -2.07. The molecule has 5 heteroatoms. The second-order valence-corrected chi connectivity index (χ2v) is 3.22. The first-order valence-corrected chi connectivity index (χ1v) is 4.43. The van der Waals surface area contributed by atoms with Gasteiger partial charge in [0.15, 0.2) is 4.67 Å². The molecule has 0 saturated carbocycles. The van der Waals surface area contributed by atoms with E-state index in [4.69, 9.17) is 4.42 Å². The van der Waals surface area contributed by atoms with Crippen LogP contribution in [0.1, 0.15) is 18.3 Å². The lowest BCUT2D eigenvalue weighted by atomic mass is 10.2. The molecule has 1 aromatic rings. The number of methoxy groups -OCH3 is 1. The maximum atomic E-state index is 10.8. The van der Waals surface area contributed by atoms with Crippen molar-refractivity contribution >= 4 is 21.9 Å². The van der Waals surface area contributed by atoms with Gasteiger partial charge >= 0.3 is 5.97 Å². The van der Waals surface area contributed by atoms with Gasteiger partial charge in [-0.15, -0.1) is 0 Å². The smallest absolute Gasteiger partial charge is 0.308 e. The first-order valence-electron chi connectivity index (χ1n) is 3.63. The van der Waals surface area contributed by atoms with Gasteiger partial charge in [0.2, 0.25) is 0 Å². The molecule has 0 radical (unpaired) electrons. The van der Waals surface area contributed by atoms with E-state index >= 15 is 0 Å². The second-order valence-electron chi connectivity index (χ2n) is 2.44. The fraction of sp³-hybridized carbons (Fsp3) is 0.375. The minimum atomic E-state index is -0.946. The molecule has 0 aliphatic rings. The second kappa shape index (κ2) is 4.43. The van der Waals surface area contributed by atoms with Crippen LogP contribution >= 0.6 is 15.9 Å². The molecule has 0 saturated heterocycles. The molecule has 72 valence electrons. The standard InChI is InChI=1S/C8H9BrO4/c1-12-8(11)4-5(10)6-2-3-7(9)13-6/h2-3,5,10H,4H2,1H3. The zero-order chi connectivity index (χ0) is 9.84. The van der Waals surface area contributed by atoms with Gasteiger partial charge in [-0.3, -0.25) is 4.79 Å². The van der Waals surface area contributed by atoms with Gasteiger partial charge in [0.05, 0.1) is 13.5 Å². The zero-order valence-electron chi connectivity index (χ0n) is 6.99. The van der Waals surface area contributed by atoms with Crippen LogP contribution in [0.3, 0.4) is 0 Å². The number of furan rings is 1. The summed E-state index contributed by atoms with van der Waals surface area (Å²) in [5.41, 5.74) is 0. The van der Waals surface area contributed by atoms with Gasteiger partial charge in [-0.1, -0.05) is 0 Å². The number of aliphatic hydroxyl groups is 1. The van der Waals surface area contributed by atoms with Crippen molar-refractivity contribution in [1.82, 2.24) is 0 Å². The molecule has 1 heterocycles. The van der Waals surface area contributed by atoms with E-state index < -0.39 is 12.1 Å². The summed E-state index contributed by atoms with van der Waals surface area (Å²) in [6, 6.07) is 3.24. The lowest BCUT2D eigenvalue weighted by molar-refractivity contribution is -0.143. The largest absolute Gasteiger partial charge is 0.469 e. The summed E-state index contributed by atoms with van der Waals surface area (Å²) < 4.78 is 9.97. The Hall–Kier alpha value is -0.810. The highest BCUT2D eigenvalue weighted by Gasteiger charge is 2.16. The molecule has 1 atom stereocenters. The van der Waals surface area contributed by atoms with Crippen molar-refractivity contribution in [2.45, 2.75) is 12.5 Å². The maximum Gasteiger partial charge on any atom is 0.308 e. The van der Waals surface area contributed by atoms with Gasteiger partial charge in [-0.2, -0.15) is 0 Å². The molecule has 1 N–H and O–H groups in total. The number of aliphatic hydroxyl groups excluding tert-OH is 1. The van der Waals surface area contributed by atoms with Crippen LogP contribution in [-0.2, 0) is 9.53 Å². The molecule has 0 aromatic carbocycles. The Balaban J connectivity index is 2.58. The van der Waals surface area contributed by atoms with Crippen LogP contribution in [0.4, 0.5) is 0 Å². The van der Waals surface area contributed by atoms with Gasteiger partial charge in [0.25, 0.3) is 0 Å². The van der Waals surface area contributed by atoms with Crippen LogP contribution < -0.4 is 0 Å². The van der Waals surface area contributed by atoms with Gasteiger partial charge in [0.1, 0.15) is 11.9 Å². The Morgan fingerprint density at radius 3 is 2.92 bits per heavy atom. The molecular weight excluding hydrogens is 240 g/mol. The number of halogens is 1. The van der Waals surface area contributed by atoms with Crippen molar-refractivity contribution in [3.63, 3.8) is 0 Å². The quantitative estimate of drug-likeness (QED) is 0.827. The maximum absolute atomic E-state index is 10.8. The summed E-state index contributed by atoms with van der Waals surface area (Å²) >= 11 is 3.09. The van der Waals surface area contributed by atoms with Crippen LogP contribution in [0, 0.1) is 0 Å². The van der Waals surface area contributed by atoms with Crippen LogP contribution in [0.2, 0.25) is 0 Å². The van der Waals surface area contributed by atoms with Crippen LogP contribution in [0.15, 0.2) is 21.2 Å². The Morgan fingerprint density at radius 1 is 1.77 bits per heavy atom. The van der Waals surface area contributed by atoms with Crippen molar-refractivity contribution in [3.05, 3.63) is 22.6 Å². The summed E-state index contributed by atoms with van der Waals surface area (Å²) in [5, 5.41) is 9.42. The molecule has 1 aromatic heterocycles. The minimum absolute atomic E-state index is 0.101. The number of hydrogen-bond acceptors (Lipinski definition) is 4. The summed E-state index contributed by atoms with van der Waals surface area (Å²) in [6.45, 7) is 0. The van der Waals surface area contributed by atoms with E-state index in [0.717, 1.165) is 0 Å². The van der Waals surface area contributed by atoms with Crippen molar-refractivity contribution < 1.29 is 19.1 Å². The monoisotopic (exact) mass is 248 g/mol. The summed E-state index contributed by atoms with van der Waals surface area (Å²) in [7, 11) is 1.27. The molecule has 0 spiro atoms. The Labute approximate surface area is 83.6 Å². The first kappa shape index (κ1) is 10.3. The fourth-order valence-corrected chi connectivity index (χ4v) is 1.17. The summed E-state index contributed by atoms with van der Waals surface area (Å²) in [5.74, 6) is -0.128. The van der Waals surface area contributed by atoms with E-state index in [0.29, 0.717) is 10.4 Å². The topological polar surface area (TPSA) is 59.7 Å². The van der Waals surface area contributed by atoms with Gasteiger partial charge in [0, 0.05) is 0 Å². The van der Waals surface area contributed by atoms with Crippen LogP contribution in [0.25, 0.3) is 0 Å². The van der Waals surface area contributed by atoms with E-state index in [1.807, 2.05) is 0 Å². The van der Waals surface area contributed by atoms with Crippen LogP contribution in [-0.4, -0.2) is 18.2 Å². The SMILES string of the molecule is COC(=O)CC(O)c1ccc(Br)o1. The van der Waals surface area contributed by atoms with Crippen molar-refractivity contribution in [1.29, 1.82) is 0 Å². The Bertz CT molecular complexity index is 294. The van der Waals surface area contributed by atoms with E-state index in [-0.39, 0.29) is 6.42 Å². The number of hydrogen-bond donors (Lipinski definition) is 1. The molecule has 0 bridgehead atoms. The van der Waals surface area contributed by atoms with E-state index in [9.17, 15) is 9.90 Å². The lowest BCUT2D eigenvalue weighted by Gasteiger charge is -2.04. The number of ether oxygens (including phenoxy) is 1. The number of carbonyl (C=O) groups is 1. The first-order chi connectivity index (χ1) is 6.13. The molecule has 0 aliphatic carbocycles. The molecule has 0 aliphatic heterocycles.